The maximum Gasteiger partial charge on any atom is 0.514 e. The maximum absolute atomic E-state index is 12.5. The van der Waals surface area contributed by atoms with Crippen LogP contribution in [0.1, 0.15) is 80.2 Å². The minimum absolute atomic E-state index is 0.0176. The number of esters is 2. The third kappa shape index (κ3) is 13.9. The molecule has 11 nitrogen and oxygen atoms in total. The summed E-state index contributed by atoms with van der Waals surface area (Å²) in [5.74, 6) is -1.27. The van der Waals surface area contributed by atoms with Crippen LogP contribution >= 0.6 is 0 Å². The van der Waals surface area contributed by atoms with Gasteiger partial charge in [-0.05, 0) is 63.1 Å². The number of rotatable bonds is 13. The van der Waals surface area contributed by atoms with Gasteiger partial charge in [-0.2, -0.15) is 0 Å². The van der Waals surface area contributed by atoms with Crippen molar-refractivity contribution >= 4 is 24.2 Å². The summed E-state index contributed by atoms with van der Waals surface area (Å²) in [5.41, 5.74) is 6.32. The average Bonchev–Trinajstić information content (AvgIpc) is 2.82. The highest BCUT2D eigenvalue weighted by Gasteiger charge is 2.23. The molecule has 1 aromatic rings. The first-order valence-electron chi connectivity index (χ1n) is 13.1. The van der Waals surface area contributed by atoms with Crippen LogP contribution in [-0.4, -0.2) is 55.2 Å². The van der Waals surface area contributed by atoms with E-state index in [1.165, 1.54) is 12.1 Å². The Morgan fingerprint density at radius 2 is 1.36 bits per heavy atom. The summed E-state index contributed by atoms with van der Waals surface area (Å²) in [7, 11) is 0. The van der Waals surface area contributed by atoms with E-state index in [1.807, 2.05) is 34.6 Å². The Balaban J connectivity index is 2.89. The first kappa shape index (κ1) is 33.7. The lowest BCUT2D eigenvalue weighted by atomic mass is 9.92. The van der Waals surface area contributed by atoms with Crippen LogP contribution in [-0.2, 0) is 35.0 Å². The Hall–Kier alpha value is -3.34. The van der Waals surface area contributed by atoms with E-state index < -0.39 is 36.5 Å². The van der Waals surface area contributed by atoms with Gasteiger partial charge in [0, 0.05) is 0 Å². The van der Waals surface area contributed by atoms with Gasteiger partial charge < -0.3 is 34.2 Å². The SMILES string of the molecule is CCC(C)OC(=O)Oc1ccc(C[C@H](N)C(=O)O[C@@H](C)COC(=O)CC(C)(C)C)cc1OC(=O)OC(C)CC. The van der Waals surface area contributed by atoms with E-state index in [0.717, 1.165) is 0 Å². The Kier molecular flexibility index (Phi) is 13.8. The Morgan fingerprint density at radius 1 is 0.821 bits per heavy atom. The molecule has 0 heterocycles. The number of carbonyl (C=O) groups is 4. The van der Waals surface area contributed by atoms with Crippen LogP contribution in [0.2, 0.25) is 0 Å². The van der Waals surface area contributed by atoms with E-state index in [9.17, 15) is 19.2 Å². The molecule has 0 aliphatic rings. The molecule has 1 aromatic carbocycles. The molecule has 1 rings (SSSR count). The van der Waals surface area contributed by atoms with Gasteiger partial charge in [-0.3, -0.25) is 9.59 Å². The lowest BCUT2D eigenvalue weighted by molar-refractivity contribution is -0.159. The summed E-state index contributed by atoms with van der Waals surface area (Å²) in [6.07, 6.45) is -2.00. The molecule has 39 heavy (non-hydrogen) atoms. The molecule has 11 heteroatoms. The lowest BCUT2D eigenvalue weighted by Crippen LogP contribution is -2.37. The highest BCUT2D eigenvalue weighted by Crippen LogP contribution is 2.30. The summed E-state index contributed by atoms with van der Waals surface area (Å²) >= 11 is 0. The lowest BCUT2D eigenvalue weighted by Gasteiger charge is -2.20. The van der Waals surface area contributed by atoms with Crippen molar-refractivity contribution in [1.29, 1.82) is 0 Å². The molecular weight excluding hydrogens is 510 g/mol. The Bertz CT molecular complexity index is 972. The molecule has 0 fully saturated rings. The highest BCUT2D eigenvalue weighted by molar-refractivity contribution is 5.76. The van der Waals surface area contributed by atoms with Crippen LogP contribution in [0.25, 0.3) is 0 Å². The molecule has 0 amide bonds. The first-order valence-corrected chi connectivity index (χ1v) is 13.1. The van der Waals surface area contributed by atoms with E-state index in [4.69, 9.17) is 34.2 Å². The molecule has 0 aliphatic heterocycles. The average molecular weight is 554 g/mol. The number of carbonyl (C=O) groups excluding carboxylic acids is 4. The second-order valence-electron chi connectivity index (χ2n) is 10.6. The molecule has 0 radical (unpaired) electrons. The quantitative estimate of drug-likeness (QED) is 0.197. The molecule has 2 N–H and O–H groups in total. The molecule has 2 unspecified atom stereocenters. The minimum atomic E-state index is -1.07. The van der Waals surface area contributed by atoms with Crippen molar-refractivity contribution in [2.24, 2.45) is 11.1 Å². The van der Waals surface area contributed by atoms with Crippen LogP contribution in [0.3, 0.4) is 0 Å². The molecule has 0 saturated heterocycles. The van der Waals surface area contributed by atoms with Crippen LogP contribution in [0.15, 0.2) is 18.2 Å². The number of nitrogens with two attached hydrogens (primary N) is 1. The summed E-state index contributed by atoms with van der Waals surface area (Å²) in [6, 6.07) is 3.30. The number of hydrogen-bond donors (Lipinski definition) is 1. The second-order valence-corrected chi connectivity index (χ2v) is 10.6. The zero-order valence-corrected chi connectivity index (χ0v) is 24.2. The van der Waals surface area contributed by atoms with Gasteiger partial charge in [0.2, 0.25) is 0 Å². The molecule has 0 aromatic heterocycles. The van der Waals surface area contributed by atoms with Crippen molar-refractivity contribution in [3.63, 3.8) is 0 Å². The minimum Gasteiger partial charge on any atom is -0.462 e. The van der Waals surface area contributed by atoms with Crippen LogP contribution in [0.4, 0.5) is 9.59 Å². The standard InChI is InChI=1S/C28H43NO10/c1-9-17(3)36-26(32)38-22-12-11-20(14-23(22)39-27(33)37-18(4)10-2)13-21(29)25(31)35-19(5)16-34-24(30)15-28(6,7)8/h11-12,14,17-19,21H,9-10,13,15-16,29H2,1-8H3/t17?,18?,19-,21-/m0/s1. The van der Waals surface area contributed by atoms with Crippen molar-refractivity contribution in [2.45, 2.75) is 105 Å². The summed E-state index contributed by atoms with van der Waals surface area (Å²) in [6.45, 7) is 14.3. The van der Waals surface area contributed by atoms with E-state index >= 15 is 0 Å². The second kappa shape index (κ2) is 15.9. The highest BCUT2D eigenvalue weighted by atomic mass is 16.7. The number of hydrogen-bond acceptors (Lipinski definition) is 11. The largest absolute Gasteiger partial charge is 0.514 e. The van der Waals surface area contributed by atoms with Gasteiger partial charge in [0.15, 0.2) is 11.5 Å². The predicted molar refractivity (Wildman–Crippen MR) is 142 cm³/mol. The Morgan fingerprint density at radius 3 is 1.87 bits per heavy atom. The van der Waals surface area contributed by atoms with Crippen molar-refractivity contribution in [2.75, 3.05) is 6.61 Å². The zero-order valence-electron chi connectivity index (χ0n) is 24.2. The van der Waals surface area contributed by atoms with Gasteiger partial charge in [-0.1, -0.05) is 40.7 Å². The van der Waals surface area contributed by atoms with Gasteiger partial charge in [0.25, 0.3) is 0 Å². The van der Waals surface area contributed by atoms with Crippen molar-refractivity contribution in [3.8, 4) is 11.5 Å². The molecular formula is C28H43NO10. The molecule has 0 spiro atoms. The van der Waals surface area contributed by atoms with Crippen molar-refractivity contribution in [1.82, 2.24) is 0 Å². The topological polar surface area (TPSA) is 150 Å². The predicted octanol–water partition coefficient (Wildman–Crippen LogP) is 5.10. The van der Waals surface area contributed by atoms with E-state index in [-0.39, 0.29) is 48.4 Å². The Labute approximate surface area is 230 Å². The van der Waals surface area contributed by atoms with E-state index in [1.54, 1.807) is 26.8 Å². The van der Waals surface area contributed by atoms with Gasteiger partial charge in [-0.15, -0.1) is 0 Å². The van der Waals surface area contributed by atoms with Crippen molar-refractivity contribution < 1.29 is 47.6 Å². The van der Waals surface area contributed by atoms with Crippen LogP contribution in [0.5, 0.6) is 11.5 Å². The third-order valence-corrected chi connectivity index (χ3v) is 5.37. The first-order chi connectivity index (χ1) is 18.1. The van der Waals surface area contributed by atoms with E-state index in [2.05, 4.69) is 0 Å². The summed E-state index contributed by atoms with van der Waals surface area (Å²) in [5, 5.41) is 0. The molecule has 0 saturated carbocycles. The fraction of sp³-hybridized carbons (Fsp3) is 0.643. The third-order valence-electron chi connectivity index (χ3n) is 5.37. The number of benzene rings is 1. The molecule has 0 bridgehead atoms. The summed E-state index contributed by atoms with van der Waals surface area (Å²) in [4.78, 5) is 48.8. The fourth-order valence-corrected chi connectivity index (χ4v) is 2.92. The monoisotopic (exact) mass is 553 g/mol. The molecule has 4 atom stereocenters. The number of ether oxygens (including phenoxy) is 6. The van der Waals surface area contributed by atoms with Crippen molar-refractivity contribution in [3.05, 3.63) is 23.8 Å². The van der Waals surface area contributed by atoms with Gasteiger partial charge in [0.1, 0.15) is 31.0 Å². The maximum atomic E-state index is 12.5. The fourth-order valence-electron chi connectivity index (χ4n) is 2.92. The molecule has 220 valence electrons. The smallest absolute Gasteiger partial charge is 0.462 e. The van der Waals surface area contributed by atoms with Gasteiger partial charge in [-0.25, -0.2) is 9.59 Å². The van der Waals surface area contributed by atoms with E-state index in [0.29, 0.717) is 18.4 Å². The van der Waals surface area contributed by atoms with Crippen LogP contribution in [0, 0.1) is 5.41 Å². The zero-order chi connectivity index (χ0) is 29.8. The molecule has 0 aliphatic carbocycles. The van der Waals surface area contributed by atoms with Gasteiger partial charge in [0.05, 0.1) is 6.42 Å². The van der Waals surface area contributed by atoms with Gasteiger partial charge >= 0.3 is 24.2 Å². The van der Waals surface area contributed by atoms with Crippen LogP contribution < -0.4 is 15.2 Å². The normalized spacial score (nSPS) is 14.3. The summed E-state index contributed by atoms with van der Waals surface area (Å²) < 4.78 is 31.3.